The van der Waals surface area contributed by atoms with Gasteiger partial charge in [-0.15, -0.1) is 0 Å². The van der Waals surface area contributed by atoms with Crippen molar-refractivity contribution in [2.24, 2.45) is 0 Å². The average Bonchev–Trinajstić information content (AvgIpc) is 2.84. The summed E-state index contributed by atoms with van der Waals surface area (Å²) in [6.07, 6.45) is 3.95. The third kappa shape index (κ3) is 3.64. The maximum atomic E-state index is 12.2. The van der Waals surface area contributed by atoms with E-state index in [-0.39, 0.29) is 16.0 Å². The summed E-state index contributed by atoms with van der Waals surface area (Å²) in [6.45, 7) is 0. The van der Waals surface area contributed by atoms with Crippen LogP contribution in [0.1, 0.15) is 25.7 Å². The summed E-state index contributed by atoms with van der Waals surface area (Å²) < 4.78 is 24.4. The molecule has 20 heavy (non-hydrogen) atoms. The molecule has 1 aromatic carbocycles. The fourth-order valence-electron chi connectivity index (χ4n) is 2.35. The lowest BCUT2D eigenvalue weighted by atomic mass is 10.2. The lowest BCUT2D eigenvalue weighted by Crippen LogP contribution is -2.36. The third-order valence-corrected chi connectivity index (χ3v) is 5.42. The lowest BCUT2D eigenvalue weighted by molar-refractivity contribution is -0.119. The summed E-state index contributed by atoms with van der Waals surface area (Å²) in [6, 6.07) is 4.30. The van der Waals surface area contributed by atoms with Crippen molar-refractivity contribution in [2.75, 3.05) is 11.5 Å². The van der Waals surface area contributed by atoms with E-state index in [1.807, 2.05) is 0 Å². The molecule has 1 aliphatic carbocycles. The van der Waals surface area contributed by atoms with Gasteiger partial charge in [-0.1, -0.05) is 24.4 Å². The van der Waals surface area contributed by atoms with E-state index in [0.717, 1.165) is 25.7 Å². The number of anilines is 1. The molecule has 5 nitrogen and oxygen atoms in total. The number of nitrogens with one attached hydrogen (secondary N) is 1. The Labute approximate surface area is 123 Å². The molecule has 3 N–H and O–H groups in total. The van der Waals surface area contributed by atoms with Gasteiger partial charge in [-0.25, -0.2) is 8.42 Å². The largest absolute Gasteiger partial charge is 0.399 e. The summed E-state index contributed by atoms with van der Waals surface area (Å²) in [5, 5.41) is 2.82. The van der Waals surface area contributed by atoms with Crippen molar-refractivity contribution < 1.29 is 13.2 Å². The van der Waals surface area contributed by atoms with Gasteiger partial charge >= 0.3 is 0 Å². The van der Waals surface area contributed by atoms with Gasteiger partial charge in [0.2, 0.25) is 5.91 Å². The Kier molecular flexibility index (Phi) is 4.55. The Bertz CT molecular complexity index is 610. The van der Waals surface area contributed by atoms with Crippen LogP contribution in [0.3, 0.4) is 0 Å². The number of sulfone groups is 1. The number of carbonyl (C=O) groups excluding carboxylic acids is 1. The Morgan fingerprint density at radius 3 is 2.65 bits per heavy atom. The summed E-state index contributed by atoms with van der Waals surface area (Å²) >= 11 is 5.87. The van der Waals surface area contributed by atoms with Gasteiger partial charge in [-0.05, 0) is 31.0 Å². The molecular formula is C13H17ClN2O3S. The number of hydrogen-bond acceptors (Lipinski definition) is 4. The number of nitrogen functional groups attached to an aromatic ring is 1. The Balaban J connectivity index is 2.10. The van der Waals surface area contributed by atoms with Gasteiger partial charge in [0, 0.05) is 11.7 Å². The molecule has 1 saturated carbocycles. The number of carbonyl (C=O) groups is 1. The SMILES string of the molecule is Nc1ccc(Cl)c(S(=O)(=O)CC(=O)NC2CCCC2)c1. The van der Waals surface area contributed by atoms with E-state index in [0.29, 0.717) is 5.69 Å². The van der Waals surface area contributed by atoms with Crippen LogP contribution in [0.2, 0.25) is 5.02 Å². The van der Waals surface area contributed by atoms with Crippen LogP contribution in [0.15, 0.2) is 23.1 Å². The molecule has 1 fully saturated rings. The summed E-state index contributed by atoms with van der Waals surface area (Å²) in [7, 11) is -3.78. The van der Waals surface area contributed by atoms with Crippen molar-refractivity contribution in [3.05, 3.63) is 23.2 Å². The zero-order valence-corrected chi connectivity index (χ0v) is 12.5. The zero-order valence-electron chi connectivity index (χ0n) is 10.9. The van der Waals surface area contributed by atoms with Gasteiger partial charge in [-0.3, -0.25) is 4.79 Å². The number of rotatable bonds is 4. The molecular weight excluding hydrogens is 300 g/mol. The fourth-order valence-corrected chi connectivity index (χ4v) is 4.08. The molecule has 0 aliphatic heterocycles. The molecule has 0 radical (unpaired) electrons. The lowest BCUT2D eigenvalue weighted by Gasteiger charge is -2.12. The van der Waals surface area contributed by atoms with Crippen molar-refractivity contribution in [2.45, 2.75) is 36.6 Å². The van der Waals surface area contributed by atoms with Crippen LogP contribution in [0.4, 0.5) is 5.69 Å². The minimum absolute atomic E-state index is 0.0767. The summed E-state index contributed by atoms with van der Waals surface area (Å²) in [4.78, 5) is 11.7. The maximum absolute atomic E-state index is 12.2. The van der Waals surface area contributed by atoms with Gasteiger partial charge < -0.3 is 11.1 Å². The number of nitrogens with two attached hydrogens (primary N) is 1. The van der Waals surface area contributed by atoms with Gasteiger partial charge in [-0.2, -0.15) is 0 Å². The highest BCUT2D eigenvalue weighted by Crippen LogP contribution is 2.25. The third-order valence-electron chi connectivity index (χ3n) is 3.33. The van der Waals surface area contributed by atoms with Crippen molar-refractivity contribution in [3.8, 4) is 0 Å². The topological polar surface area (TPSA) is 89.3 Å². The number of benzene rings is 1. The van der Waals surface area contributed by atoms with Crippen molar-refractivity contribution in [1.29, 1.82) is 0 Å². The van der Waals surface area contributed by atoms with Crippen LogP contribution in [0, 0.1) is 0 Å². The molecule has 0 atom stereocenters. The normalized spacial score (nSPS) is 16.2. The van der Waals surface area contributed by atoms with E-state index in [2.05, 4.69) is 5.32 Å². The second kappa shape index (κ2) is 6.01. The molecule has 0 bridgehead atoms. The minimum Gasteiger partial charge on any atom is -0.399 e. The van der Waals surface area contributed by atoms with E-state index in [1.165, 1.54) is 18.2 Å². The summed E-state index contributed by atoms with van der Waals surface area (Å²) in [5.41, 5.74) is 5.86. The molecule has 1 amide bonds. The first kappa shape index (κ1) is 15.1. The van der Waals surface area contributed by atoms with Crippen LogP contribution < -0.4 is 11.1 Å². The summed E-state index contributed by atoms with van der Waals surface area (Å²) in [5.74, 6) is -1.09. The highest BCUT2D eigenvalue weighted by Gasteiger charge is 2.24. The van der Waals surface area contributed by atoms with Crippen molar-refractivity contribution in [1.82, 2.24) is 5.32 Å². The molecule has 0 saturated heterocycles. The van der Waals surface area contributed by atoms with E-state index >= 15 is 0 Å². The van der Waals surface area contributed by atoms with Crippen LogP contribution in [-0.2, 0) is 14.6 Å². The quantitative estimate of drug-likeness (QED) is 0.828. The first-order valence-electron chi connectivity index (χ1n) is 6.45. The number of hydrogen-bond donors (Lipinski definition) is 2. The van der Waals surface area contributed by atoms with E-state index in [9.17, 15) is 13.2 Å². The second-order valence-corrected chi connectivity index (χ2v) is 7.36. The Morgan fingerprint density at radius 2 is 2.00 bits per heavy atom. The Morgan fingerprint density at radius 1 is 1.35 bits per heavy atom. The predicted molar refractivity (Wildman–Crippen MR) is 78.3 cm³/mol. The van der Waals surface area contributed by atoms with Crippen LogP contribution >= 0.6 is 11.6 Å². The standard InChI is InChI=1S/C13H17ClN2O3S/c14-11-6-5-9(15)7-12(11)20(18,19)8-13(17)16-10-3-1-2-4-10/h5-7,10H,1-4,8,15H2,(H,16,17). The molecule has 0 aromatic heterocycles. The monoisotopic (exact) mass is 316 g/mol. The van der Waals surface area contributed by atoms with Crippen LogP contribution in [0.25, 0.3) is 0 Å². The van der Waals surface area contributed by atoms with Crippen LogP contribution in [-0.4, -0.2) is 26.1 Å². The molecule has 0 heterocycles. The molecule has 0 spiro atoms. The van der Waals surface area contributed by atoms with Gasteiger partial charge in [0.25, 0.3) is 0 Å². The Hall–Kier alpha value is -1.27. The second-order valence-electron chi connectivity index (χ2n) is 5.00. The minimum atomic E-state index is -3.78. The smallest absolute Gasteiger partial charge is 0.235 e. The first-order chi connectivity index (χ1) is 9.38. The molecule has 0 unspecified atom stereocenters. The van der Waals surface area contributed by atoms with Gasteiger partial charge in [0.05, 0.1) is 9.92 Å². The van der Waals surface area contributed by atoms with Crippen molar-refractivity contribution in [3.63, 3.8) is 0 Å². The van der Waals surface area contributed by atoms with E-state index in [1.54, 1.807) is 0 Å². The van der Waals surface area contributed by atoms with Gasteiger partial charge in [0.1, 0.15) is 5.75 Å². The average molecular weight is 317 g/mol. The number of amides is 1. The van der Waals surface area contributed by atoms with E-state index in [4.69, 9.17) is 17.3 Å². The predicted octanol–water partition coefficient (Wildman–Crippen LogP) is 1.75. The fraction of sp³-hybridized carbons (Fsp3) is 0.462. The highest BCUT2D eigenvalue weighted by molar-refractivity contribution is 7.92. The van der Waals surface area contributed by atoms with Crippen LogP contribution in [0.5, 0.6) is 0 Å². The van der Waals surface area contributed by atoms with Gasteiger partial charge in [0.15, 0.2) is 9.84 Å². The molecule has 7 heteroatoms. The number of halogens is 1. The molecule has 1 aliphatic rings. The van der Waals surface area contributed by atoms with E-state index < -0.39 is 21.5 Å². The highest BCUT2D eigenvalue weighted by atomic mass is 35.5. The zero-order chi connectivity index (χ0) is 14.8. The molecule has 2 rings (SSSR count). The maximum Gasteiger partial charge on any atom is 0.235 e. The molecule has 1 aromatic rings. The molecule has 110 valence electrons. The first-order valence-corrected chi connectivity index (χ1v) is 8.48. The van der Waals surface area contributed by atoms with Crippen molar-refractivity contribution >= 4 is 33.0 Å².